The summed E-state index contributed by atoms with van der Waals surface area (Å²) < 4.78 is 15.8. The first kappa shape index (κ1) is 19.6. The topological polar surface area (TPSA) is 54.2 Å². The molecule has 0 unspecified atom stereocenters. The van der Waals surface area contributed by atoms with E-state index in [0.717, 1.165) is 18.9 Å². The van der Waals surface area contributed by atoms with E-state index in [9.17, 15) is 4.39 Å². The van der Waals surface area contributed by atoms with Crippen molar-refractivity contribution in [3.8, 4) is 0 Å². The number of hydrogen-bond donors (Lipinski definition) is 2. The Bertz CT molecular complexity index is 889. The summed E-state index contributed by atoms with van der Waals surface area (Å²) in [6.07, 6.45) is 4.36. The second-order valence-electron chi connectivity index (χ2n) is 6.42. The van der Waals surface area contributed by atoms with Gasteiger partial charge in [-0.05, 0) is 30.5 Å². The van der Waals surface area contributed by atoms with Crippen molar-refractivity contribution in [2.24, 2.45) is 4.99 Å². The highest BCUT2D eigenvalue weighted by Gasteiger charge is 2.05. The second-order valence-corrected chi connectivity index (χ2v) is 6.42. The number of imidazole rings is 1. The van der Waals surface area contributed by atoms with Gasteiger partial charge in [-0.1, -0.05) is 48.5 Å². The summed E-state index contributed by atoms with van der Waals surface area (Å²) in [4.78, 5) is 9.06. The maximum absolute atomic E-state index is 13.7. The summed E-state index contributed by atoms with van der Waals surface area (Å²) in [5.74, 6) is 1.43. The first-order valence-corrected chi connectivity index (χ1v) is 9.55. The first-order valence-electron chi connectivity index (χ1n) is 9.55. The molecule has 0 bridgehead atoms. The molecule has 0 fully saturated rings. The van der Waals surface area contributed by atoms with Gasteiger partial charge in [0.25, 0.3) is 0 Å². The zero-order chi connectivity index (χ0) is 19.6. The molecule has 0 radical (unpaired) electrons. The van der Waals surface area contributed by atoms with Crippen molar-refractivity contribution in [3.63, 3.8) is 0 Å². The van der Waals surface area contributed by atoms with Gasteiger partial charge in [-0.25, -0.2) is 14.4 Å². The fourth-order valence-electron chi connectivity index (χ4n) is 2.92. The van der Waals surface area contributed by atoms with Gasteiger partial charge in [0.15, 0.2) is 5.96 Å². The number of hydrogen-bond acceptors (Lipinski definition) is 2. The molecule has 0 amide bonds. The number of rotatable bonds is 8. The summed E-state index contributed by atoms with van der Waals surface area (Å²) in [5.41, 5.74) is 1.92. The van der Waals surface area contributed by atoms with E-state index in [4.69, 9.17) is 0 Å². The standard InChI is InChI=1S/C22H26FN5/c1-2-24-22(26-13-12-19-10-6-7-11-20(19)23)27-16-21-25-14-15-28(21)17-18-8-4-3-5-9-18/h3-11,14-15H,2,12-13,16-17H2,1H3,(H2,24,26,27). The van der Waals surface area contributed by atoms with Gasteiger partial charge in [-0.2, -0.15) is 0 Å². The normalized spacial score (nSPS) is 11.4. The van der Waals surface area contributed by atoms with Crippen molar-refractivity contribution in [2.45, 2.75) is 26.4 Å². The third-order valence-electron chi connectivity index (χ3n) is 4.36. The Morgan fingerprint density at radius 1 is 1.07 bits per heavy atom. The molecular formula is C22H26FN5. The van der Waals surface area contributed by atoms with Gasteiger partial charge in [0.05, 0.1) is 0 Å². The molecule has 3 aromatic rings. The lowest BCUT2D eigenvalue weighted by Crippen LogP contribution is -2.38. The number of nitrogens with zero attached hydrogens (tertiary/aromatic N) is 3. The lowest BCUT2D eigenvalue weighted by Gasteiger charge is -2.12. The van der Waals surface area contributed by atoms with Crippen molar-refractivity contribution in [1.29, 1.82) is 0 Å². The van der Waals surface area contributed by atoms with Crippen LogP contribution in [0.1, 0.15) is 23.9 Å². The summed E-state index contributed by atoms with van der Waals surface area (Å²) in [5, 5.41) is 6.49. The maximum Gasteiger partial charge on any atom is 0.191 e. The fraction of sp³-hybridized carbons (Fsp3) is 0.273. The second kappa shape index (κ2) is 10.3. The van der Waals surface area contributed by atoms with E-state index < -0.39 is 0 Å². The largest absolute Gasteiger partial charge is 0.357 e. The van der Waals surface area contributed by atoms with Crippen molar-refractivity contribution in [1.82, 2.24) is 20.2 Å². The number of benzene rings is 2. The molecule has 0 spiro atoms. The van der Waals surface area contributed by atoms with Crippen molar-refractivity contribution < 1.29 is 4.39 Å². The quantitative estimate of drug-likeness (QED) is 0.466. The highest BCUT2D eigenvalue weighted by atomic mass is 19.1. The average molecular weight is 379 g/mol. The lowest BCUT2D eigenvalue weighted by atomic mass is 10.1. The molecule has 2 aromatic carbocycles. The number of guanidine groups is 1. The molecular weight excluding hydrogens is 353 g/mol. The monoisotopic (exact) mass is 379 g/mol. The van der Waals surface area contributed by atoms with E-state index in [1.807, 2.05) is 43.5 Å². The Morgan fingerprint density at radius 2 is 1.86 bits per heavy atom. The summed E-state index contributed by atoms with van der Waals surface area (Å²) >= 11 is 0. The Labute approximate surface area is 165 Å². The Morgan fingerprint density at radius 3 is 2.64 bits per heavy atom. The molecule has 0 atom stereocenters. The number of halogens is 1. The molecule has 0 aliphatic heterocycles. The minimum Gasteiger partial charge on any atom is -0.357 e. The van der Waals surface area contributed by atoms with Gasteiger partial charge < -0.3 is 15.2 Å². The maximum atomic E-state index is 13.7. The number of nitrogens with one attached hydrogen (secondary N) is 2. The van der Waals surface area contributed by atoms with Gasteiger partial charge in [-0.15, -0.1) is 0 Å². The highest BCUT2D eigenvalue weighted by Crippen LogP contribution is 2.07. The van der Waals surface area contributed by atoms with Gasteiger partial charge in [0.1, 0.15) is 18.2 Å². The molecule has 5 nitrogen and oxygen atoms in total. The van der Waals surface area contributed by atoms with Crippen LogP contribution in [0.4, 0.5) is 4.39 Å². The average Bonchev–Trinajstić information content (AvgIpc) is 3.15. The van der Waals surface area contributed by atoms with Gasteiger partial charge in [0.2, 0.25) is 0 Å². The van der Waals surface area contributed by atoms with Gasteiger partial charge >= 0.3 is 0 Å². The van der Waals surface area contributed by atoms with Crippen molar-refractivity contribution >= 4 is 5.96 Å². The molecule has 1 aromatic heterocycles. The molecule has 3 rings (SSSR count). The van der Waals surface area contributed by atoms with E-state index in [2.05, 4.69) is 37.3 Å². The molecule has 28 heavy (non-hydrogen) atoms. The molecule has 0 saturated heterocycles. The molecule has 6 heteroatoms. The van der Waals surface area contributed by atoms with Crippen LogP contribution < -0.4 is 10.6 Å². The predicted molar refractivity (Wildman–Crippen MR) is 111 cm³/mol. The zero-order valence-electron chi connectivity index (χ0n) is 16.1. The lowest BCUT2D eigenvalue weighted by molar-refractivity contribution is 0.606. The van der Waals surface area contributed by atoms with Crippen LogP contribution in [0.25, 0.3) is 0 Å². The Kier molecular flexibility index (Phi) is 7.18. The van der Waals surface area contributed by atoms with Crippen LogP contribution in [0.3, 0.4) is 0 Å². The van der Waals surface area contributed by atoms with E-state index in [1.165, 1.54) is 11.6 Å². The van der Waals surface area contributed by atoms with Crippen molar-refractivity contribution in [2.75, 3.05) is 13.1 Å². The van der Waals surface area contributed by atoms with E-state index in [-0.39, 0.29) is 5.82 Å². The van der Waals surface area contributed by atoms with Crippen LogP contribution >= 0.6 is 0 Å². The minimum atomic E-state index is -0.172. The molecule has 0 saturated carbocycles. The van der Waals surface area contributed by atoms with E-state index >= 15 is 0 Å². The van der Waals surface area contributed by atoms with Crippen LogP contribution in [-0.4, -0.2) is 28.6 Å². The van der Waals surface area contributed by atoms with E-state index in [0.29, 0.717) is 31.0 Å². The van der Waals surface area contributed by atoms with E-state index in [1.54, 1.807) is 12.3 Å². The predicted octanol–water partition coefficient (Wildman–Crippen LogP) is 3.37. The third-order valence-corrected chi connectivity index (χ3v) is 4.36. The van der Waals surface area contributed by atoms with Crippen LogP contribution in [-0.2, 0) is 19.5 Å². The minimum absolute atomic E-state index is 0.172. The van der Waals surface area contributed by atoms with Gasteiger partial charge in [-0.3, -0.25) is 0 Å². The molecule has 2 N–H and O–H groups in total. The van der Waals surface area contributed by atoms with Crippen LogP contribution in [0, 0.1) is 5.82 Å². The first-order chi connectivity index (χ1) is 13.8. The zero-order valence-corrected chi connectivity index (χ0v) is 16.1. The van der Waals surface area contributed by atoms with Crippen molar-refractivity contribution in [3.05, 3.63) is 89.8 Å². The third kappa shape index (κ3) is 5.67. The summed E-state index contributed by atoms with van der Waals surface area (Å²) in [7, 11) is 0. The SMILES string of the molecule is CCNC(=NCc1nccn1Cc1ccccc1)NCCc1ccccc1F. The highest BCUT2D eigenvalue weighted by molar-refractivity contribution is 5.79. The van der Waals surface area contributed by atoms with Crippen LogP contribution in [0.15, 0.2) is 72.0 Å². The summed E-state index contributed by atoms with van der Waals surface area (Å²) in [6, 6.07) is 17.1. The van der Waals surface area contributed by atoms with Crippen LogP contribution in [0.5, 0.6) is 0 Å². The molecule has 0 aliphatic rings. The summed E-state index contributed by atoms with van der Waals surface area (Å²) in [6.45, 7) is 4.61. The molecule has 1 heterocycles. The van der Waals surface area contributed by atoms with Gasteiger partial charge in [0, 0.05) is 32.0 Å². The Hall–Kier alpha value is -3.15. The number of aliphatic imine (C=N–C) groups is 1. The molecule has 0 aliphatic carbocycles. The molecule has 146 valence electrons. The number of aromatic nitrogens is 2. The fourth-order valence-corrected chi connectivity index (χ4v) is 2.92. The smallest absolute Gasteiger partial charge is 0.191 e. The van der Waals surface area contributed by atoms with Crippen LogP contribution in [0.2, 0.25) is 0 Å². The Balaban J connectivity index is 1.59.